The molecule has 0 saturated heterocycles. The Morgan fingerprint density at radius 1 is 0.844 bits per heavy atom. The molecule has 172 valence electrons. The zero-order valence-corrected chi connectivity index (χ0v) is 19.2. The molecule has 2 aromatic rings. The number of esters is 1. The normalized spacial score (nSPS) is 11.3. The third-order valence-corrected chi connectivity index (χ3v) is 5.07. The summed E-state index contributed by atoms with van der Waals surface area (Å²) in [6.45, 7) is 3.40. The van der Waals surface area contributed by atoms with E-state index in [0.29, 0.717) is 35.8 Å². The molecular weight excluding hydrogens is 412 g/mol. The summed E-state index contributed by atoms with van der Waals surface area (Å²) >= 11 is 0. The van der Waals surface area contributed by atoms with Gasteiger partial charge in [0.1, 0.15) is 17.5 Å². The van der Waals surface area contributed by atoms with E-state index < -0.39 is 6.04 Å². The molecule has 0 fully saturated rings. The minimum Gasteiger partial charge on any atom is -0.497 e. The van der Waals surface area contributed by atoms with Gasteiger partial charge in [0, 0.05) is 31.3 Å². The van der Waals surface area contributed by atoms with Crippen molar-refractivity contribution in [1.29, 1.82) is 0 Å². The second-order valence-electron chi connectivity index (χ2n) is 7.13. The Hall–Kier alpha value is -3.55. The highest BCUT2D eigenvalue weighted by Gasteiger charge is 2.30. The van der Waals surface area contributed by atoms with Crippen molar-refractivity contribution in [2.45, 2.75) is 32.7 Å². The van der Waals surface area contributed by atoms with Gasteiger partial charge in [-0.3, -0.25) is 14.4 Å². The smallest absolute Gasteiger partial charge is 0.305 e. The van der Waals surface area contributed by atoms with Gasteiger partial charge in [0.15, 0.2) is 0 Å². The fourth-order valence-corrected chi connectivity index (χ4v) is 3.37. The number of amides is 2. The Morgan fingerprint density at radius 2 is 1.34 bits per heavy atom. The lowest BCUT2D eigenvalue weighted by atomic mass is 10.1. The van der Waals surface area contributed by atoms with Crippen LogP contribution in [0, 0.1) is 0 Å². The van der Waals surface area contributed by atoms with Crippen molar-refractivity contribution >= 4 is 29.2 Å². The predicted molar refractivity (Wildman–Crippen MR) is 122 cm³/mol. The first-order chi connectivity index (χ1) is 15.3. The van der Waals surface area contributed by atoms with Crippen LogP contribution in [-0.2, 0) is 19.1 Å². The fraction of sp³-hybridized carbons (Fsp3) is 0.375. The van der Waals surface area contributed by atoms with Gasteiger partial charge in [-0.1, -0.05) is 0 Å². The van der Waals surface area contributed by atoms with E-state index in [1.165, 1.54) is 18.9 Å². The van der Waals surface area contributed by atoms with E-state index in [2.05, 4.69) is 0 Å². The van der Waals surface area contributed by atoms with Crippen molar-refractivity contribution in [2.24, 2.45) is 0 Å². The maximum atomic E-state index is 13.5. The van der Waals surface area contributed by atoms with Crippen molar-refractivity contribution in [3.63, 3.8) is 0 Å². The largest absolute Gasteiger partial charge is 0.497 e. The Balaban J connectivity index is 2.32. The van der Waals surface area contributed by atoms with Gasteiger partial charge < -0.3 is 24.0 Å². The molecule has 0 radical (unpaired) electrons. The van der Waals surface area contributed by atoms with Gasteiger partial charge in [-0.25, -0.2) is 0 Å². The Kier molecular flexibility index (Phi) is 9.07. The molecule has 1 atom stereocenters. The van der Waals surface area contributed by atoms with Crippen LogP contribution in [0.5, 0.6) is 11.5 Å². The van der Waals surface area contributed by atoms with E-state index in [1.54, 1.807) is 74.6 Å². The van der Waals surface area contributed by atoms with Crippen LogP contribution in [0.3, 0.4) is 0 Å². The number of carbonyl (C=O) groups is 3. The maximum absolute atomic E-state index is 13.5. The van der Waals surface area contributed by atoms with E-state index in [0.717, 1.165) is 0 Å². The average Bonchev–Trinajstić information content (AvgIpc) is 2.81. The number of nitrogens with zero attached hydrogens (tertiary/aromatic N) is 2. The standard InChI is InChI=1S/C24H30N2O6/c1-17(26(18(2)27)20-10-14-22(31-4)15-11-20)24(29)25(16-6-7-23(28)32-5)19-8-12-21(30-3)13-9-19/h8-15,17H,6-7,16H2,1-5H3. The molecule has 0 aromatic heterocycles. The van der Waals surface area contributed by atoms with E-state index in [1.807, 2.05) is 0 Å². The van der Waals surface area contributed by atoms with Crippen LogP contribution < -0.4 is 19.3 Å². The first kappa shape index (κ1) is 24.7. The summed E-state index contributed by atoms with van der Waals surface area (Å²) in [5.74, 6) is 0.432. The van der Waals surface area contributed by atoms with Gasteiger partial charge in [-0.05, 0) is 61.9 Å². The Labute approximate surface area is 188 Å². The van der Waals surface area contributed by atoms with Gasteiger partial charge in [0.25, 0.3) is 0 Å². The fourth-order valence-electron chi connectivity index (χ4n) is 3.37. The molecule has 2 amide bonds. The molecule has 0 bridgehead atoms. The minimum atomic E-state index is -0.777. The molecule has 0 heterocycles. The zero-order chi connectivity index (χ0) is 23.7. The first-order valence-electron chi connectivity index (χ1n) is 10.3. The number of anilines is 2. The highest BCUT2D eigenvalue weighted by Crippen LogP contribution is 2.25. The summed E-state index contributed by atoms with van der Waals surface area (Å²) in [4.78, 5) is 40.6. The van der Waals surface area contributed by atoms with Gasteiger partial charge in [-0.15, -0.1) is 0 Å². The lowest BCUT2D eigenvalue weighted by molar-refractivity contribution is -0.140. The number of hydrogen-bond acceptors (Lipinski definition) is 6. The lowest BCUT2D eigenvalue weighted by Crippen LogP contribution is -2.49. The lowest BCUT2D eigenvalue weighted by Gasteiger charge is -2.32. The number of hydrogen-bond donors (Lipinski definition) is 0. The number of rotatable bonds is 10. The SMILES string of the molecule is COC(=O)CCCN(C(=O)C(C)N(C(C)=O)c1ccc(OC)cc1)c1ccc(OC)cc1. The van der Waals surface area contributed by atoms with Crippen molar-refractivity contribution in [3.8, 4) is 11.5 Å². The van der Waals surface area contributed by atoms with Crippen LogP contribution in [0.2, 0.25) is 0 Å². The summed E-state index contributed by atoms with van der Waals surface area (Å²) in [5, 5.41) is 0. The quantitative estimate of drug-likeness (QED) is 0.524. The molecule has 1 unspecified atom stereocenters. The number of methoxy groups -OCH3 is 3. The summed E-state index contributed by atoms with van der Waals surface area (Å²) < 4.78 is 15.1. The summed E-state index contributed by atoms with van der Waals surface area (Å²) in [6, 6.07) is 13.2. The van der Waals surface area contributed by atoms with Crippen molar-refractivity contribution in [3.05, 3.63) is 48.5 Å². The summed E-state index contributed by atoms with van der Waals surface area (Å²) in [5.41, 5.74) is 1.23. The van der Waals surface area contributed by atoms with Crippen molar-refractivity contribution in [2.75, 3.05) is 37.7 Å². The van der Waals surface area contributed by atoms with E-state index in [-0.39, 0.29) is 24.2 Å². The minimum absolute atomic E-state index is 0.180. The van der Waals surface area contributed by atoms with Gasteiger partial charge in [-0.2, -0.15) is 0 Å². The van der Waals surface area contributed by atoms with E-state index in [9.17, 15) is 14.4 Å². The maximum Gasteiger partial charge on any atom is 0.305 e. The molecule has 8 nitrogen and oxygen atoms in total. The molecule has 0 aliphatic rings. The third kappa shape index (κ3) is 6.23. The van der Waals surface area contributed by atoms with Gasteiger partial charge in [0.2, 0.25) is 11.8 Å². The second-order valence-corrected chi connectivity index (χ2v) is 7.13. The third-order valence-electron chi connectivity index (χ3n) is 5.07. The predicted octanol–water partition coefficient (Wildman–Crippen LogP) is 3.43. The van der Waals surface area contributed by atoms with Crippen molar-refractivity contribution < 1.29 is 28.6 Å². The molecule has 0 spiro atoms. The van der Waals surface area contributed by atoms with Crippen LogP contribution in [0.1, 0.15) is 26.7 Å². The van der Waals surface area contributed by atoms with Crippen LogP contribution in [0.25, 0.3) is 0 Å². The highest BCUT2D eigenvalue weighted by atomic mass is 16.5. The Bertz CT molecular complexity index is 911. The van der Waals surface area contributed by atoms with Crippen molar-refractivity contribution in [1.82, 2.24) is 0 Å². The highest BCUT2D eigenvalue weighted by molar-refractivity contribution is 6.05. The molecule has 8 heteroatoms. The molecule has 0 aliphatic heterocycles. The van der Waals surface area contributed by atoms with Crippen LogP contribution in [0.4, 0.5) is 11.4 Å². The molecule has 0 aliphatic carbocycles. The van der Waals surface area contributed by atoms with Crippen LogP contribution in [-0.4, -0.2) is 51.7 Å². The second kappa shape index (κ2) is 11.7. The van der Waals surface area contributed by atoms with E-state index >= 15 is 0 Å². The zero-order valence-electron chi connectivity index (χ0n) is 19.2. The number of benzene rings is 2. The topological polar surface area (TPSA) is 85.4 Å². The van der Waals surface area contributed by atoms with Crippen LogP contribution in [0.15, 0.2) is 48.5 Å². The first-order valence-corrected chi connectivity index (χ1v) is 10.3. The number of ether oxygens (including phenoxy) is 3. The molecule has 0 saturated carbocycles. The Morgan fingerprint density at radius 3 is 1.78 bits per heavy atom. The molecule has 0 N–H and O–H groups in total. The monoisotopic (exact) mass is 442 g/mol. The molecular formula is C24H30N2O6. The average molecular weight is 443 g/mol. The number of carbonyl (C=O) groups excluding carboxylic acids is 3. The summed E-state index contributed by atoms with van der Waals surface area (Å²) in [6.07, 6.45) is 0.597. The van der Waals surface area contributed by atoms with Gasteiger partial charge in [0.05, 0.1) is 21.3 Å². The molecule has 32 heavy (non-hydrogen) atoms. The van der Waals surface area contributed by atoms with Gasteiger partial charge >= 0.3 is 5.97 Å². The summed E-state index contributed by atoms with van der Waals surface area (Å²) in [7, 11) is 4.46. The molecule has 2 aromatic carbocycles. The van der Waals surface area contributed by atoms with Crippen LogP contribution >= 0.6 is 0 Å². The molecule has 2 rings (SSSR count). The van der Waals surface area contributed by atoms with E-state index in [4.69, 9.17) is 14.2 Å².